The van der Waals surface area contributed by atoms with Crippen molar-refractivity contribution in [3.63, 3.8) is 0 Å². The van der Waals surface area contributed by atoms with E-state index < -0.39 is 0 Å². The summed E-state index contributed by atoms with van der Waals surface area (Å²) in [5.41, 5.74) is 4.81. The third-order valence-corrected chi connectivity index (χ3v) is 6.10. The predicted octanol–water partition coefficient (Wildman–Crippen LogP) is 4.82. The van der Waals surface area contributed by atoms with Crippen LogP contribution in [0.3, 0.4) is 0 Å². The van der Waals surface area contributed by atoms with Gasteiger partial charge in [0.1, 0.15) is 0 Å². The molecule has 5 heteroatoms. The monoisotopic (exact) mass is 377 g/mol. The van der Waals surface area contributed by atoms with Gasteiger partial charge in [-0.2, -0.15) is 5.10 Å². The van der Waals surface area contributed by atoms with E-state index in [0.717, 1.165) is 29.7 Å². The van der Waals surface area contributed by atoms with Crippen LogP contribution >= 0.6 is 11.6 Å². The van der Waals surface area contributed by atoms with E-state index in [1.165, 1.54) is 12.1 Å². The van der Waals surface area contributed by atoms with Gasteiger partial charge in [-0.3, -0.25) is 4.79 Å². The molecule has 0 spiro atoms. The molecule has 1 aromatic heterocycles. The number of aromatic nitrogens is 2. The van der Waals surface area contributed by atoms with Gasteiger partial charge < -0.3 is 5.32 Å². The van der Waals surface area contributed by atoms with E-state index in [9.17, 15) is 4.79 Å². The van der Waals surface area contributed by atoms with Gasteiger partial charge >= 0.3 is 0 Å². The number of rotatable bonds is 4. The molecule has 2 unspecified atom stereocenters. The van der Waals surface area contributed by atoms with Crippen molar-refractivity contribution in [2.24, 2.45) is 0 Å². The molecule has 0 saturated heterocycles. The highest BCUT2D eigenvalue weighted by Crippen LogP contribution is 2.54. The van der Waals surface area contributed by atoms with E-state index in [1.54, 1.807) is 0 Å². The molecule has 2 bridgehead atoms. The first kappa shape index (κ1) is 16.6. The number of carbonyl (C=O) groups excluding carboxylic acids is 1. The molecule has 4 nitrogen and oxygen atoms in total. The fraction of sp³-hybridized carbons (Fsp3) is 0.273. The van der Waals surface area contributed by atoms with Crippen molar-refractivity contribution in [1.29, 1.82) is 0 Å². The summed E-state index contributed by atoms with van der Waals surface area (Å²) >= 11 is 6.43. The maximum absolute atomic E-state index is 13.0. The van der Waals surface area contributed by atoms with Crippen LogP contribution in [-0.2, 0) is 6.54 Å². The molecule has 1 N–H and O–H groups in total. The minimum Gasteiger partial charge on any atom is -0.347 e. The van der Waals surface area contributed by atoms with Crippen LogP contribution in [0.1, 0.15) is 58.4 Å². The van der Waals surface area contributed by atoms with Crippen LogP contribution in [0.4, 0.5) is 0 Å². The molecule has 1 amide bonds. The van der Waals surface area contributed by atoms with Gasteiger partial charge in [0.15, 0.2) is 5.69 Å². The number of amides is 1. The van der Waals surface area contributed by atoms with Crippen molar-refractivity contribution in [3.8, 4) is 5.69 Å². The van der Waals surface area contributed by atoms with E-state index in [1.807, 2.05) is 59.3 Å². The quantitative estimate of drug-likeness (QED) is 0.708. The van der Waals surface area contributed by atoms with Gasteiger partial charge in [0.25, 0.3) is 5.91 Å². The molecule has 0 radical (unpaired) electrons. The maximum Gasteiger partial charge on any atom is 0.272 e. The lowest BCUT2D eigenvalue weighted by molar-refractivity contribution is 0.0944. The largest absolute Gasteiger partial charge is 0.347 e. The highest BCUT2D eigenvalue weighted by atomic mass is 35.5. The van der Waals surface area contributed by atoms with Gasteiger partial charge in [0, 0.05) is 18.0 Å². The topological polar surface area (TPSA) is 46.9 Å². The highest BCUT2D eigenvalue weighted by Gasteiger charge is 2.44. The Morgan fingerprint density at radius 3 is 2.63 bits per heavy atom. The minimum atomic E-state index is -0.103. The summed E-state index contributed by atoms with van der Waals surface area (Å²) in [5, 5.41) is 8.43. The Morgan fingerprint density at radius 1 is 1.07 bits per heavy atom. The zero-order valence-corrected chi connectivity index (χ0v) is 15.6. The molecular formula is C22H20ClN3O. The summed E-state index contributed by atoms with van der Waals surface area (Å²) in [4.78, 5) is 13.0. The van der Waals surface area contributed by atoms with Gasteiger partial charge in [-0.15, -0.1) is 0 Å². The van der Waals surface area contributed by atoms with Crippen molar-refractivity contribution in [2.75, 3.05) is 0 Å². The SMILES string of the molecule is O=C(NCc1ccccc1)c1nn(-c2ccccc2Cl)c2c1C1CCC2C1. The van der Waals surface area contributed by atoms with Crippen molar-refractivity contribution >= 4 is 17.5 Å². The normalized spacial score (nSPS) is 19.9. The number of fused-ring (bicyclic) bond motifs is 5. The van der Waals surface area contributed by atoms with Crippen molar-refractivity contribution < 1.29 is 4.79 Å². The number of para-hydroxylation sites is 1. The Balaban J connectivity index is 1.52. The molecule has 2 aromatic carbocycles. The number of benzene rings is 2. The Bertz CT molecular complexity index is 1010. The molecule has 0 aliphatic heterocycles. The van der Waals surface area contributed by atoms with Gasteiger partial charge in [-0.1, -0.05) is 54.1 Å². The first-order chi connectivity index (χ1) is 13.2. The predicted molar refractivity (Wildman–Crippen MR) is 106 cm³/mol. The van der Waals surface area contributed by atoms with E-state index in [4.69, 9.17) is 16.7 Å². The average molecular weight is 378 g/mol. The lowest BCUT2D eigenvalue weighted by Crippen LogP contribution is -2.24. The minimum absolute atomic E-state index is 0.103. The molecule has 2 atom stereocenters. The van der Waals surface area contributed by atoms with Crippen molar-refractivity contribution in [1.82, 2.24) is 15.1 Å². The third-order valence-electron chi connectivity index (χ3n) is 5.78. The van der Waals surface area contributed by atoms with E-state index in [-0.39, 0.29) is 5.91 Å². The van der Waals surface area contributed by atoms with Crippen molar-refractivity contribution in [3.05, 3.63) is 82.1 Å². The standard InChI is InChI=1S/C22H20ClN3O/c23-17-8-4-5-9-18(17)26-21-16-11-10-15(12-16)19(21)20(25-26)22(27)24-13-14-6-2-1-3-7-14/h1-9,15-16H,10-13H2,(H,24,27). The summed E-state index contributed by atoms with van der Waals surface area (Å²) in [6.45, 7) is 0.501. The fourth-order valence-corrected chi connectivity index (χ4v) is 4.78. The smallest absolute Gasteiger partial charge is 0.272 e. The number of halogens is 1. The zero-order valence-electron chi connectivity index (χ0n) is 14.9. The second kappa shape index (κ2) is 6.54. The summed E-state index contributed by atoms with van der Waals surface area (Å²) in [7, 11) is 0. The van der Waals surface area contributed by atoms with Crippen LogP contribution in [-0.4, -0.2) is 15.7 Å². The van der Waals surface area contributed by atoms with Gasteiger partial charge in [0.05, 0.1) is 16.4 Å². The number of nitrogens with one attached hydrogen (secondary N) is 1. The number of hydrogen-bond acceptors (Lipinski definition) is 2. The Hall–Kier alpha value is -2.59. The molecule has 3 aromatic rings. The van der Waals surface area contributed by atoms with E-state index in [0.29, 0.717) is 29.1 Å². The summed E-state index contributed by atoms with van der Waals surface area (Å²) in [6, 6.07) is 17.6. The Kier molecular flexibility index (Phi) is 4.01. The molecule has 2 aliphatic rings. The van der Waals surface area contributed by atoms with Crippen LogP contribution in [0.5, 0.6) is 0 Å². The number of nitrogens with zero attached hydrogens (tertiary/aromatic N) is 2. The van der Waals surface area contributed by atoms with Gasteiger partial charge in [-0.25, -0.2) is 4.68 Å². The van der Waals surface area contributed by atoms with Crippen LogP contribution in [0, 0.1) is 0 Å². The highest BCUT2D eigenvalue weighted by molar-refractivity contribution is 6.32. The summed E-state index contributed by atoms with van der Waals surface area (Å²) in [5.74, 6) is 0.816. The number of hydrogen-bond donors (Lipinski definition) is 1. The van der Waals surface area contributed by atoms with Gasteiger partial charge in [-0.05, 0) is 42.9 Å². The molecule has 136 valence electrons. The van der Waals surface area contributed by atoms with E-state index >= 15 is 0 Å². The first-order valence-electron chi connectivity index (χ1n) is 9.42. The van der Waals surface area contributed by atoms with Gasteiger partial charge in [0.2, 0.25) is 0 Å². The first-order valence-corrected chi connectivity index (χ1v) is 9.80. The molecule has 2 aliphatic carbocycles. The summed E-state index contributed by atoms with van der Waals surface area (Å²) < 4.78 is 1.92. The third kappa shape index (κ3) is 2.76. The van der Waals surface area contributed by atoms with Crippen LogP contribution in [0.25, 0.3) is 5.69 Å². The molecule has 1 saturated carbocycles. The fourth-order valence-electron chi connectivity index (χ4n) is 4.57. The Labute approximate surface area is 163 Å². The van der Waals surface area contributed by atoms with E-state index in [2.05, 4.69) is 5.32 Å². The zero-order chi connectivity index (χ0) is 18.4. The second-order valence-electron chi connectivity index (χ2n) is 7.39. The summed E-state index contributed by atoms with van der Waals surface area (Å²) in [6.07, 6.45) is 3.43. The second-order valence-corrected chi connectivity index (χ2v) is 7.79. The van der Waals surface area contributed by atoms with Crippen LogP contribution in [0.2, 0.25) is 5.02 Å². The van der Waals surface area contributed by atoms with Crippen LogP contribution in [0.15, 0.2) is 54.6 Å². The Morgan fingerprint density at radius 2 is 1.81 bits per heavy atom. The average Bonchev–Trinajstić information content (AvgIpc) is 3.40. The lowest BCUT2D eigenvalue weighted by Gasteiger charge is -2.14. The molecule has 1 fully saturated rings. The number of carbonyl (C=O) groups is 1. The van der Waals surface area contributed by atoms with Crippen LogP contribution < -0.4 is 5.32 Å². The molecule has 27 heavy (non-hydrogen) atoms. The molecule has 1 heterocycles. The lowest BCUT2D eigenvalue weighted by atomic mass is 9.95. The maximum atomic E-state index is 13.0. The molecule has 5 rings (SSSR count). The van der Waals surface area contributed by atoms with Crippen molar-refractivity contribution in [2.45, 2.75) is 37.6 Å². The molecular weight excluding hydrogens is 358 g/mol.